The molecule has 16 heavy (non-hydrogen) atoms. The Labute approximate surface area is 93.2 Å². The first-order chi connectivity index (χ1) is 7.75. The van der Waals surface area contributed by atoms with Gasteiger partial charge in [0.1, 0.15) is 12.4 Å². The van der Waals surface area contributed by atoms with Crippen LogP contribution in [0.2, 0.25) is 0 Å². The fourth-order valence-corrected chi connectivity index (χ4v) is 1.97. The van der Waals surface area contributed by atoms with E-state index in [2.05, 4.69) is 9.97 Å². The van der Waals surface area contributed by atoms with Gasteiger partial charge in [-0.05, 0) is 25.7 Å². The molecule has 2 rings (SSSR count). The molecule has 0 saturated carbocycles. The number of rotatable bonds is 5. The first kappa shape index (κ1) is 11.5. The van der Waals surface area contributed by atoms with Gasteiger partial charge >= 0.3 is 0 Å². The van der Waals surface area contributed by atoms with Crippen LogP contribution < -0.4 is 0 Å². The summed E-state index contributed by atoms with van der Waals surface area (Å²) >= 11 is 0. The van der Waals surface area contributed by atoms with Crippen LogP contribution in [0.4, 0.5) is 8.78 Å². The van der Waals surface area contributed by atoms with Crippen LogP contribution in [0.5, 0.6) is 0 Å². The third-order valence-electron chi connectivity index (χ3n) is 2.73. The molecule has 1 aliphatic rings. The minimum atomic E-state index is -2.38. The number of imidazole rings is 1. The Balaban J connectivity index is 1.79. The largest absolute Gasteiger partial charge is 0.375 e. The first-order valence-electron chi connectivity index (χ1n) is 5.68. The van der Waals surface area contributed by atoms with Crippen molar-refractivity contribution in [3.05, 3.63) is 17.2 Å². The summed E-state index contributed by atoms with van der Waals surface area (Å²) in [6.45, 7) is -0.183. The molecule has 0 atom stereocenters. The second-order valence-corrected chi connectivity index (χ2v) is 4.03. The number of alkyl halides is 2. The molecular weight excluding hydrogens is 214 g/mol. The van der Waals surface area contributed by atoms with Gasteiger partial charge in [0, 0.05) is 12.1 Å². The van der Waals surface area contributed by atoms with Gasteiger partial charge in [0.05, 0.1) is 12.3 Å². The van der Waals surface area contributed by atoms with Gasteiger partial charge in [0.15, 0.2) is 0 Å². The summed E-state index contributed by atoms with van der Waals surface area (Å²) in [5.41, 5.74) is 2.37. The van der Waals surface area contributed by atoms with Gasteiger partial charge in [-0.2, -0.15) is 0 Å². The summed E-state index contributed by atoms with van der Waals surface area (Å²) in [4.78, 5) is 7.69. The molecule has 0 aromatic carbocycles. The first-order valence-corrected chi connectivity index (χ1v) is 5.68. The van der Waals surface area contributed by atoms with E-state index < -0.39 is 13.0 Å². The number of aryl methyl sites for hydroxylation is 2. The van der Waals surface area contributed by atoms with E-state index in [-0.39, 0.29) is 0 Å². The van der Waals surface area contributed by atoms with Crippen molar-refractivity contribution in [2.24, 2.45) is 0 Å². The van der Waals surface area contributed by atoms with Crippen LogP contribution >= 0.6 is 0 Å². The molecule has 0 saturated heterocycles. The molecule has 0 radical (unpaired) electrons. The minimum absolute atomic E-state index is 0.302. The molecule has 0 fully saturated rings. The highest BCUT2D eigenvalue weighted by atomic mass is 19.3. The van der Waals surface area contributed by atoms with Gasteiger partial charge in [-0.15, -0.1) is 0 Å². The van der Waals surface area contributed by atoms with E-state index in [0.29, 0.717) is 13.0 Å². The zero-order valence-corrected chi connectivity index (χ0v) is 9.14. The Bertz CT molecular complexity index is 315. The number of aromatic nitrogens is 2. The highest BCUT2D eigenvalue weighted by Crippen LogP contribution is 2.18. The number of nitrogens with zero attached hydrogens (tertiary/aromatic N) is 1. The predicted octanol–water partition coefficient (Wildman–Crippen LogP) is 2.11. The fraction of sp³-hybridized carbons (Fsp3) is 0.727. The van der Waals surface area contributed by atoms with Crippen molar-refractivity contribution in [3.8, 4) is 0 Å². The smallest absolute Gasteiger partial charge is 0.261 e. The lowest BCUT2D eigenvalue weighted by Gasteiger charge is -2.07. The van der Waals surface area contributed by atoms with Crippen LogP contribution in [0.3, 0.4) is 0 Å². The highest BCUT2D eigenvalue weighted by molar-refractivity contribution is 5.17. The molecule has 1 aromatic rings. The molecule has 5 heteroatoms. The van der Waals surface area contributed by atoms with Crippen LogP contribution in [0.15, 0.2) is 0 Å². The van der Waals surface area contributed by atoms with Crippen LogP contribution in [0.1, 0.15) is 30.1 Å². The van der Waals surface area contributed by atoms with Gasteiger partial charge < -0.3 is 9.72 Å². The van der Waals surface area contributed by atoms with Crippen molar-refractivity contribution in [1.82, 2.24) is 9.97 Å². The predicted molar refractivity (Wildman–Crippen MR) is 55.8 cm³/mol. The van der Waals surface area contributed by atoms with Crippen molar-refractivity contribution in [2.45, 2.75) is 38.5 Å². The maximum atomic E-state index is 11.8. The molecule has 0 bridgehead atoms. The zero-order chi connectivity index (χ0) is 11.4. The molecule has 0 aliphatic heterocycles. The van der Waals surface area contributed by atoms with E-state index in [1.807, 2.05) is 0 Å². The Hall–Kier alpha value is -0.970. The Kier molecular flexibility index (Phi) is 3.88. The van der Waals surface area contributed by atoms with Crippen molar-refractivity contribution < 1.29 is 13.5 Å². The molecule has 0 amide bonds. The summed E-state index contributed by atoms with van der Waals surface area (Å²) in [5, 5.41) is 0. The third-order valence-corrected chi connectivity index (χ3v) is 2.73. The lowest BCUT2D eigenvalue weighted by Crippen LogP contribution is -2.07. The highest BCUT2D eigenvalue weighted by Gasteiger charge is 2.14. The Morgan fingerprint density at radius 1 is 1.31 bits per heavy atom. The molecule has 0 unspecified atom stereocenters. The number of ether oxygens (including phenoxy) is 1. The van der Waals surface area contributed by atoms with E-state index in [4.69, 9.17) is 4.74 Å². The van der Waals surface area contributed by atoms with E-state index >= 15 is 0 Å². The van der Waals surface area contributed by atoms with Crippen LogP contribution in [-0.2, 0) is 24.0 Å². The van der Waals surface area contributed by atoms with Crippen molar-refractivity contribution in [1.29, 1.82) is 0 Å². The lowest BCUT2D eigenvalue weighted by atomic mass is 10.0. The molecule has 0 spiro atoms. The van der Waals surface area contributed by atoms with Crippen molar-refractivity contribution >= 4 is 0 Å². The van der Waals surface area contributed by atoms with Gasteiger partial charge in [-0.3, -0.25) is 0 Å². The van der Waals surface area contributed by atoms with Crippen molar-refractivity contribution in [2.75, 3.05) is 13.2 Å². The SMILES string of the molecule is FC(F)COCCc1nc2c([nH]1)CCCC2. The maximum absolute atomic E-state index is 11.8. The average Bonchev–Trinajstić information content (AvgIpc) is 2.66. The summed E-state index contributed by atoms with van der Waals surface area (Å²) < 4.78 is 28.4. The summed E-state index contributed by atoms with van der Waals surface area (Å²) in [6, 6.07) is 0. The lowest BCUT2D eigenvalue weighted by molar-refractivity contribution is 0.0183. The molecule has 90 valence electrons. The second-order valence-electron chi connectivity index (χ2n) is 4.03. The monoisotopic (exact) mass is 230 g/mol. The van der Waals surface area contributed by atoms with Gasteiger partial charge in [-0.25, -0.2) is 13.8 Å². The van der Waals surface area contributed by atoms with E-state index in [1.54, 1.807) is 0 Å². The molecule has 1 aromatic heterocycles. The molecule has 1 N–H and O–H groups in total. The quantitative estimate of drug-likeness (QED) is 0.787. The molecule has 1 heterocycles. The molecule has 3 nitrogen and oxygen atoms in total. The Morgan fingerprint density at radius 3 is 2.88 bits per heavy atom. The van der Waals surface area contributed by atoms with Crippen LogP contribution in [0.25, 0.3) is 0 Å². The summed E-state index contributed by atoms with van der Waals surface area (Å²) in [6.07, 6.45) is 2.68. The zero-order valence-electron chi connectivity index (χ0n) is 9.14. The maximum Gasteiger partial charge on any atom is 0.261 e. The number of aromatic amines is 1. The molecule has 1 aliphatic carbocycles. The van der Waals surface area contributed by atoms with Gasteiger partial charge in [-0.1, -0.05) is 0 Å². The number of nitrogens with one attached hydrogen (secondary N) is 1. The normalized spacial score (nSPS) is 15.4. The van der Waals surface area contributed by atoms with Crippen LogP contribution in [-0.4, -0.2) is 29.6 Å². The number of halogens is 2. The number of fused-ring (bicyclic) bond motifs is 1. The third kappa shape index (κ3) is 3.01. The van der Waals surface area contributed by atoms with E-state index in [0.717, 1.165) is 24.4 Å². The van der Waals surface area contributed by atoms with Gasteiger partial charge in [0.2, 0.25) is 0 Å². The fourth-order valence-electron chi connectivity index (χ4n) is 1.97. The average molecular weight is 230 g/mol. The van der Waals surface area contributed by atoms with E-state index in [9.17, 15) is 8.78 Å². The van der Waals surface area contributed by atoms with Crippen molar-refractivity contribution in [3.63, 3.8) is 0 Å². The number of hydrogen-bond acceptors (Lipinski definition) is 2. The number of hydrogen-bond donors (Lipinski definition) is 1. The van der Waals surface area contributed by atoms with Gasteiger partial charge in [0.25, 0.3) is 6.43 Å². The second kappa shape index (κ2) is 5.39. The molecular formula is C11H16F2N2O. The summed E-state index contributed by atoms with van der Waals surface area (Å²) in [7, 11) is 0. The standard InChI is InChI=1S/C11H16F2N2O/c12-10(13)7-16-6-5-11-14-8-3-1-2-4-9(8)15-11/h10H,1-7H2,(H,14,15). The number of H-pyrrole nitrogens is 1. The minimum Gasteiger partial charge on any atom is -0.375 e. The summed E-state index contributed by atoms with van der Waals surface area (Å²) in [5.74, 6) is 0.862. The Morgan fingerprint density at radius 2 is 2.12 bits per heavy atom. The van der Waals surface area contributed by atoms with Crippen LogP contribution in [0, 0.1) is 0 Å². The van der Waals surface area contributed by atoms with E-state index in [1.165, 1.54) is 18.5 Å². The topological polar surface area (TPSA) is 37.9 Å².